The van der Waals surface area contributed by atoms with E-state index in [2.05, 4.69) is 10.5 Å². The molecule has 19 heavy (non-hydrogen) atoms. The average molecular weight is 270 g/mol. The van der Waals surface area contributed by atoms with Crippen molar-refractivity contribution in [1.29, 1.82) is 0 Å². The quantitative estimate of drug-likeness (QED) is 0.765. The van der Waals surface area contributed by atoms with Gasteiger partial charge in [0.25, 0.3) is 11.8 Å². The van der Waals surface area contributed by atoms with Gasteiger partial charge in [-0.25, -0.2) is 4.79 Å². The molecule has 0 aliphatic heterocycles. The van der Waals surface area contributed by atoms with E-state index in [1.165, 1.54) is 6.07 Å². The lowest BCUT2D eigenvalue weighted by Gasteiger charge is -2.16. The number of hydrogen-bond acceptors (Lipinski definition) is 5. The Bertz CT molecular complexity index is 441. The van der Waals surface area contributed by atoms with E-state index in [0.717, 1.165) is 0 Å². The molecule has 7 nitrogen and oxygen atoms in total. The van der Waals surface area contributed by atoms with Crippen LogP contribution in [0.4, 0.5) is 0 Å². The van der Waals surface area contributed by atoms with Crippen molar-refractivity contribution < 1.29 is 24.0 Å². The van der Waals surface area contributed by atoms with Crippen LogP contribution in [0.3, 0.4) is 0 Å². The number of ether oxygens (including phenoxy) is 1. The van der Waals surface area contributed by atoms with E-state index < -0.39 is 17.9 Å². The number of aliphatic carboxylic acids is 1. The number of rotatable bonds is 7. The van der Waals surface area contributed by atoms with Crippen molar-refractivity contribution in [3.63, 3.8) is 0 Å². The zero-order chi connectivity index (χ0) is 14.4. The predicted molar refractivity (Wildman–Crippen MR) is 65.8 cm³/mol. The van der Waals surface area contributed by atoms with Crippen molar-refractivity contribution in [1.82, 2.24) is 10.5 Å². The van der Waals surface area contributed by atoms with Crippen molar-refractivity contribution in [3.05, 3.63) is 11.8 Å². The van der Waals surface area contributed by atoms with Gasteiger partial charge in [0, 0.05) is 6.07 Å². The summed E-state index contributed by atoms with van der Waals surface area (Å²) < 4.78 is 9.83. The third kappa shape index (κ3) is 5.41. The van der Waals surface area contributed by atoms with E-state index in [9.17, 15) is 9.59 Å². The maximum absolute atomic E-state index is 11.6. The van der Waals surface area contributed by atoms with E-state index in [1.54, 1.807) is 6.92 Å². The molecule has 1 atom stereocenters. The monoisotopic (exact) mass is 270 g/mol. The molecule has 1 aromatic rings. The number of carbonyl (C=O) groups is 2. The van der Waals surface area contributed by atoms with E-state index in [0.29, 0.717) is 12.2 Å². The Hall–Kier alpha value is -2.05. The summed E-state index contributed by atoms with van der Waals surface area (Å²) in [5.41, 5.74) is 0. The predicted octanol–water partition coefficient (Wildman–Crippen LogP) is 0.977. The van der Waals surface area contributed by atoms with Crippen LogP contribution in [-0.2, 0) is 9.59 Å². The van der Waals surface area contributed by atoms with Crippen molar-refractivity contribution in [2.24, 2.45) is 5.92 Å². The zero-order valence-corrected chi connectivity index (χ0v) is 11.2. The minimum absolute atomic E-state index is 0.167. The highest BCUT2D eigenvalue weighted by Crippen LogP contribution is 2.09. The third-order valence-electron chi connectivity index (χ3n) is 2.30. The first-order chi connectivity index (χ1) is 8.88. The van der Waals surface area contributed by atoms with Crippen LogP contribution in [0, 0.1) is 12.8 Å². The first-order valence-corrected chi connectivity index (χ1v) is 5.96. The van der Waals surface area contributed by atoms with Gasteiger partial charge >= 0.3 is 5.97 Å². The van der Waals surface area contributed by atoms with Crippen molar-refractivity contribution in [2.45, 2.75) is 33.2 Å². The second-order valence-electron chi connectivity index (χ2n) is 4.65. The van der Waals surface area contributed by atoms with Crippen LogP contribution < -0.4 is 10.1 Å². The average Bonchev–Trinajstić information content (AvgIpc) is 2.71. The Kier molecular flexibility index (Phi) is 5.35. The molecule has 0 radical (unpaired) electrons. The minimum Gasteiger partial charge on any atom is -0.480 e. The normalized spacial score (nSPS) is 12.2. The lowest BCUT2D eigenvalue weighted by molar-refractivity contribution is -0.142. The fourth-order valence-electron chi connectivity index (χ4n) is 1.48. The summed E-state index contributed by atoms with van der Waals surface area (Å²) in [6, 6.07) is 0.631. The van der Waals surface area contributed by atoms with Gasteiger partial charge in [0.1, 0.15) is 11.8 Å². The van der Waals surface area contributed by atoms with Gasteiger partial charge in [0.2, 0.25) is 0 Å². The number of nitrogens with zero attached hydrogens (tertiary/aromatic N) is 1. The first-order valence-electron chi connectivity index (χ1n) is 5.96. The largest absolute Gasteiger partial charge is 0.480 e. The molecular weight excluding hydrogens is 252 g/mol. The fraction of sp³-hybridized carbons (Fsp3) is 0.583. The Morgan fingerprint density at radius 3 is 2.68 bits per heavy atom. The highest BCUT2D eigenvalue weighted by Gasteiger charge is 2.21. The lowest BCUT2D eigenvalue weighted by Crippen LogP contribution is -2.43. The molecule has 0 saturated carbocycles. The maximum atomic E-state index is 11.6. The van der Waals surface area contributed by atoms with Gasteiger partial charge in [-0.05, 0) is 24.4 Å². The standard InChI is InChI=1S/C12H18N2O5/c1-7(2)4-9(12(16)17)13-10(15)6-18-11-5-8(3)19-14-11/h5,7,9H,4,6H2,1-3H3,(H,13,15)(H,16,17)/t9-/m1/s1. The number of carboxylic acids is 1. The molecule has 1 aromatic heterocycles. The molecule has 0 aromatic carbocycles. The van der Waals surface area contributed by atoms with Gasteiger partial charge in [-0.2, -0.15) is 0 Å². The summed E-state index contributed by atoms with van der Waals surface area (Å²) in [6.45, 7) is 5.17. The summed E-state index contributed by atoms with van der Waals surface area (Å²) in [4.78, 5) is 22.5. The van der Waals surface area contributed by atoms with E-state index in [1.807, 2.05) is 13.8 Å². The van der Waals surface area contributed by atoms with Crippen LogP contribution in [0.5, 0.6) is 5.88 Å². The van der Waals surface area contributed by atoms with Crippen LogP contribution in [0.15, 0.2) is 10.6 Å². The number of hydrogen-bond donors (Lipinski definition) is 2. The first kappa shape index (κ1) is 15.0. The molecule has 106 valence electrons. The molecular formula is C12H18N2O5. The number of aryl methyl sites for hydroxylation is 1. The summed E-state index contributed by atoms with van der Waals surface area (Å²) >= 11 is 0. The third-order valence-corrected chi connectivity index (χ3v) is 2.30. The molecule has 0 aliphatic rings. The second kappa shape index (κ2) is 6.77. The van der Waals surface area contributed by atoms with Crippen molar-refractivity contribution in [3.8, 4) is 5.88 Å². The van der Waals surface area contributed by atoms with E-state index in [4.69, 9.17) is 14.4 Å². The van der Waals surface area contributed by atoms with Crippen molar-refractivity contribution in [2.75, 3.05) is 6.61 Å². The Morgan fingerprint density at radius 1 is 1.53 bits per heavy atom. The number of nitrogens with one attached hydrogen (secondary N) is 1. The Balaban J connectivity index is 2.42. The van der Waals surface area contributed by atoms with E-state index in [-0.39, 0.29) is 18.4 Å². The zero-order valence-electron chi connectivity index (χ0n) is 11.2. The Labute approximate surface area is 110 Å². The minimum atomic E-state index is -1.06. The van der Waals surface area contributed by atoms with Gasteiger partial charge < -0.3 is 19.7 Å². The van der Waals surface area contributed by atoms with Gasteiger partial charge in [0.05, 0.1) is 0 Å². The molecule has 1 amide bonds. The molecule has 1 rings (SSSR count). The van der Waals surface area contributed by atoms with Crippen molar-refractivity contribution >= 4 is 11.9 Å². The second-order valence-corrected chi connectivity index (χ2v) is 4.65. The molecule has 0 bridgehead atoms. The van der Waals surface area contributed by atoms with E-state index >= 15 is 0 Å². The smallest absolute Gasteiger partial charge is 0.326 e. The molecule has 1 heterocycles. The fourth-order valence-corrected chi connectivity index (χ4v) is 1.48. The number of aromatic nitrogens is 1. The number of amides is 1. The van der Waals surface area contributed by atoms with Crippen LogP contribution in [0.1, 0.15) is 26.0 Å². The number of carboxylic acid groups (broad SMARTS) is 1. The molecule has 0 aliphatic carbocycles. The van der Waals surface area contributed by atoms with Gasteiger partial charge in [-0.1, -0.05) is 13.8 Å². The molecule has 7 heteroatoms. The lowest BCUT2D eigenvalue weighted by atomic mass is 10.0. The molecule has 2 N–H and O–H groups in total. The van der Waals surface area contributed by atoms with Gasteiger partial charge in [-0.3, -0.25) is 4.79 Å². The van der Waals surface area contributed by atoms with Crippen LogP contribution in [-0.4, -0.2) is 34.8 Å². The maximum Gasteiger partial charge on any atom is 0.326 e. The summed E-state index contributed by atoms with van der Waals surface area (Å²) in [6.07, 6.45) is 0.365. The highest BCUT2D eigenvalue weighted by molar-refractivity contribution is 5.84. The Morgan fingerprint density at radius 2 is 2.21 bits per heavy atom. The topological polar surface area (TPSA) is 102 Å². The van der Waals surface area contributed by atoms with Gasteiger partial charge in [-0.15, -0.1) is 0 Å². The van der Waals surface area contributed by atoms with Crippen LogP contribution in [0.25, 0.3) is 0 Å². The van der Waals surface area contributed by atoms with Crippen LogP contribution >= 0.6 is 0 Å². The molecule has 0 saturated heterocycles. The summed E-state index contributed by atoms with van der Waals surface area (Å²) in [7, 11) is 0. The molecule has 0 fully saturated rings. The van der Waals surface area contributed by atoms with Gasteiger partial charge in [0.15, 0.2) is 6.61 Å². The molecule has 0 spiro atoms. The highest BCUT2D eigenvalue weighted by atomic mass is 16.5. The summed E-state index contributed by atoms with van der Waals surface area (Å²) in [5, 5.41) is 14.9. The summed E-state index contributed by atoms with van der Waals surface area (Å²) in [5.74, 6) is -0.629. The number of carbonyl (C=O) groups excluding carboxylic acids is 1. The SMILES string of the molecule is Cc1cc(OCC(=O)N[C@H](CC(C)C)C(=O)O)no1. The molecule has 0 unspecified atom stereocenters. The van der Waals surface area contributed by atoms with Crippen LogP contribution in [0.2, 0.25) is 0 Å².